The first-order valence-corrected chi connectivity index (χ1v) is 6.65. The van der Waals surface area contributed by atoms with Crippen LogP contribution < -0.4 is 0 Å². The molecule has 17 heavy (non-hydrogen) atoms. The van der Waals surface area contributed by atoms with E-state index in [0.29, 0.717) is 12.2 Å². The van der Waals surface area contributed by atoms with Gasteiger partial charge in [-0.1, -0.05) is 19.1 Å². The van der Waals surface area contributed by atoms with Gasteiger partial charge in [0.05, 0.1) is 26.4 Å². The van der Waals surface area contributed by atoms with Gasteiger partial charge < -0.3 is 18.9 Å². The van der Waals surface area contributed by atoms with E-state index < -0.39 is 0 Å². The maximum absolute atomic E-state index is 5.46. The summed E-state index contributed by atoms with van der Waals surface area (Å²) >= 11 is 0. The maximum atomic E-state index is 5.46. The summed E-state index contributed by atoms with van der Waals surface area (Å²) in [4.78, 5) is 0. The highest BCUT2D eigenvalue weighted by Crippen LogP contribution is 2.09. The van der Waals surface area contributed by atoms with Crippen LogP contribution in [0.2, 0.25) is 12.6 Å². The van der Waals surface area contributed by atoms with Gasteiger partial charge in [0.15, 0.2) is 0 Å². The zero-order chi connectivity index (χ0) is 11.8. The standard InChI is InChI=1S/C12H22BO4/c1(2-5-14-7-11-9-16-11)3-13-4-6-15-8-12-10-17-12/h11-12H,1-10H2. The van der Waals surface area contributed by atoms with Crippen LogP contribution in [0.5, 0.6) is 0 Å². The molecule has 0 aliphatic carbocycles. The van der Waals surface area contributed by atoms with Gasteiger partial charge in [-0.3, -0.25) is 0 Å². The molecule has 5 heteroatoms. The van der Waals surface area contributed by atoms with Crippen LogP contribution in [0.4, 0.5) is 0 Å². The van der Waals surface area contributed by atoms with Crippen molar-refractivity contribution in [3.8, 4) is 0 Å². The fourth-order valence-corrected chi connectivity index (χ4v) is 1.56. The van der Waals surface area contributed by atoms with Crippen molar-refractivity contribution in [2.24, 2.45) is 0 Å². The van der Waals surface area contributed by atoms with E-state index in [-0.39, 0.29) is 0 Å². The molecule has 0 saturated carbocycles. The molecule has 0 aromatic heterocycles. The highest BCUT2D eigenvalue weighted by atomic mass is 16.6. The zero-order valence-electron chi connectivity index (χ0n) is 10.4. The Labute approximate surface area is 104 Å². The molecule has 0 aromatic carbocycles. The summed E-state index contributed by atoms with van der Waals surface area (Å²) in [5.74, 6) is 0. The molecule has 2 fully saturated rings. The van der Waals surface area contributed by atoms with Gasteiger partial charge in [-0.05, 0) is 6.42 Å². The maximum Gasteiger partial charge on any atom is 0.112 e. The van der Waals surface area contributed by atoms with E-state index in [9.17, 15) is 0 Å². The molecular formula is C12H22BO4. The fraction of sp³-hybridized carbons (Fsp3) is 1.00. The lowest BCUT2D eigenvalue weighted by atomic mass is 9.70. The molecule has 1 radical (unpaired) electrons. The van der Waals surface area contributed by atoms with Gasteiger partial charge in [0.25, 0.3) is 0 Å². The van der Waals surface area contributed by atoms with Gasteiger partial charge in [-0.2, -0.15) is 0 Å². The summed E-state index contributed by atoms with van der Waals surface area (Å²) in [6, 6.07) is 0. The Bertz CT molecular complexity index is 175. The molecule has 0 spiro atoms. The highest BCUT2D eigenvalue weighted by molar-refractivity contribution is 6.35. The van der Waals surface area contributed by atoms with E-state index in [1.807, 2.05) is 0 Å². The molecule has 2 atom stereocenters. The topological polar surface area (TPSA) is 43.5 Å². The summed E-state index contributed by atoms with van der Waals surface area (Å²) < 4.78 is 21.0. The Morgan fingerprint density at radius 2 is 1.53 bits per heavy atom. The summed E-state index contributed by atoms with van der Waals surface area (Å²) in [6.07, 6.45) is 5.34. The average molecular weight is 241 g/mol. The van der Waals surface area contributed by atoms with Gasteiger partial charge in [0, 0.05) is 13.2 Å². The quantitative estimate of drug-likeness (QED) is 0.292. The van der Waals surface area contributed by atoms with E-state index in [4.69, 9.17) is 18.9 Å². The summed E-state index contributed by atoms with van der Waals surface area (Å²) in [7, 11) is 2.30. The monoisotopic (exact) mass is 241 g/mol. The predicted molar refractivity (Wildman–Crippen MR) is 65.7 cm³/mol. The largest absolute Gasteiger partial charge is 0.379 e. The molecule has 0 bridgehead atoms. The molecule has 2 aliphatic heterocycles. The highest BCUT2D eigenvalue weighted by Gasteiger charge is 2.22. The minimum Gasteiger partial charge on any atom is -0.379 e. The molecule has 2 saturated heterocycles. The Kier molecular flexibility index (Phi) is 6.34. The van der Waals surface area contributed by atoms with Crippen molar-refractivity contribution < 1.29 is 18.9 Å². The van der Waals surface area contributed by atoms with Crippen LogP contribution in [-0.2, 0) is 18.9 Å². The number of unbranched alkanes of at least 4 members (excludes halogenated alkanes) is 1. The van der Waals surface area contributed by atoms with Crippen LogP contribution in [0.15, 0.2) is 0 Å². The zero-order valence-corrected chi connectivity index (χ0v) is 10.4. The van der Waals surface area contributed by atoms with Crippen molar-refractivity contribution in [1.29, 1.82) is 0 Å². The molecule has 2 rings (SSSR count). The second-order valence-corrected chi connectivity index (χ2v) is 4.63. The molecule has 2 aliphatic rings. The van der Waals surface area contributed by atoms with E-state index in [2.05, 4.69) is 7.28 Å². The van der Waals surface area contributed by atoms with Gasteiger partial charge in [0.2, 0.25) is 0 Å². The van der Waals surface area contributed by atoms with Crippen molar-refractivity contribution >= 4 is 7.28 Å². The van der Waals surface area contributed by atoms with Crippen molar-refractivity contribution in [3.05, 3.63) is 0 Å². The summed E-state index contributed by atoms with van der Waals surface area (Å²) in [5, 5.41) is 0. The smallest absolute Gasteiger partial charge is 0.112 e. The number of hydrogen-bond acceptors (Lipinski definition) is 4. The van der Waals surface area contributed by atoms with E-state index in [0.717, 1.165) is 58.7 Å². The number of rotatable bonds is 12. The molecule has 97 valence electrons. The van der Waals surface area contributed by atoms with Crippen LogP contribution in [0.3, 0.4) is 0 Å². The van der Waals surface area contributed by atoms with E-state index >= 15 is 0 Å². The van der Waals surface area contributed by atoms with Crippen LogP contribution >= 0.6 is 0 Å². The predicted octanol–water partition coefficient (Wildman–Crippen LogP) is 1.14. The van der Waals surface area contributed by atoms with Gasteiger partial charge >= 0.3 is 0 Å². The van der Waals surface area contributed by atoms with E-state index in [1.165, 1.54) is 6.42 Å². The third kappa shape index (κ3) is 7.76. The molecule has 0 aromatic rings. The lowest BCUT2D eigenvalue weighted by Crippen LogP contribution is -2.05. The SMILES string of the molecule is [B](CCCCOCC1CO1)CCOCC1CO1. The lowest BCUT2D eigenvalue weighted by Gasteiger charge is -2.03. The molecule has 0 amide bonds. The Morgan fingerprint density at radius 3 is 2.18 bits per heavy atom. The van der Waals surface area contributed by atoms with Crippen molar-refractivity contribution in [3.63, 3.8) is 0 Å². The van der Waals surface area contributed by atoms with Crippen molar-refractivity contribution in [1.82, 2.24) is 0 Å². The number of epoxide rings is 2. The molecule has 2 unspecified atom stereocenters. The fourth-order valence-electron chi connectivity index (χ4n) is 1.56. The minimum atomic E-state index is 0.391. The lowest BCUT2D eigenvalue weighted by molar-refractivity contribution is 0.114. The van der Waals surface area contributed by atoms with Gasteiger partial charge in [0.1, 0.15) is 19.5 Å². The first kappa shape index (κ1) is 13.3. The first-order chi connectivity index (χ1) is 8.45. The Balaban J connectivity index is 1.20. The summed E-state index contributed by atoms with van der Waals surface area (Å²) in [6.45, 7) is 5.01. The molecule has 4 nitrogen and oxygen atoms in total. The van der Waals surface area contributed by atoms with E-state index in [1.54, 1.807) is 0 Å². The van der Waals surface area contributed by atoms with Crippen LogP contribution in [0, 0.1) is 0 Å². The van der Waals surface area contributed by atoms with Crippen molar-refractivity contribution in [2.45, 2.75) is 37.7 Å². The number of hydrogen-bond donors (Lipinski definition) is 0. The van der Waals surface area contributed by atoms with Gasteiger partial charge in [-0.25, -0.2) is 0 Å². The Hall–Kier alpha value is -0.0951. The third-order valence-corrected chi connectivity index (χ3v) is 2.83. The molecule has 2 heterocycles. The second kappa shape index (κ2) is 8.09. The Morgan fingerprint density at radius 1 is 0.882 bits per heavy atom. The second-order valence-electron chi connectivity index (χ2n) is 4.63. The van der Waals surface area contributed by atoms with Crippen molar-refractivity contribution in [2.75, 3.05) is 39.6 Å². The third-order valence-electron chi connectivity index (χ3n) is 2.83. The molecular weight excluding hydrogens is 219 g/mol. The van der Waals surface area contributed by atoms with Crippen LogP contribution in [0.1, 0.15) is 12.8 Å². The van der Waals surface area contributed by atoms with Crippen LogP contribution in [-0.4, -0.2) is 59.1 Å². The number of ether oxygens (including phenoxy) is 4. The molecule has 0 N–H and O–H groups in total. The first-order valence-electron chi connectivity index (χ1n) is 6.65. The minimum absolute atomic E-state index is 0.391. The van der Waals surface area contributed by atoms with Gasteiger partial charge in [-0.15, -0.1) is 0 Å². The summed E-state index contributed by atoms with van der Waals surface area (Å²) in [5.41, 5.74) is 0. The normalized spacial score (nSPS) is 25.9. The van der Waals surface area contributed by atoms with Crippen LogP contribution in [0.25, 0.3) is 0 Å². The average Bonchev–Trinajstić information content (AvgIpc) is 3.19.